The molecular weight excluding hydrogens is 218 g/mol. The lowest BCUT2D eigenvalue weighted by Crippen LogP contribution is -2.51. The molecule has 0 spiro atoms. The summed E-state index contributed by atoms with van der Waals surface area (Å²) in [6, 6.07) is -2.16. The van der Waals surface area contributed by atoms with Crippen LogP contribution in [0.1, 0.15) is 6.92 Å². The Morgan fingerprint density at radius 3 is 2.31 bits per heavy atom. The molecule has 8 heteroatoms. The van der Waals surface area contributed by atoms with Crippen LogP contribution in [0.5, 0.6) is 0 Å². The fraction of sp³-hybridized carbons (Fsp3) is 0.625. The molecule has 0 heterocycles. The summed E-state index contributed by atoms with van der Waals surface area (Å²) in [5, 5.41) is 19.3. The van der Waals surface area contributed by atoms with Crippen LogP contribution in [0.15, 0.2) is 0 Å². The molecule has 0 aromatic rings. The van der Waals surface area contributed by atoms with E-state index in [2.05, 4.69) is 5.32 Å². The highest BCUT2D eigenvalue weighted by Crippen LogP contribution is 1.91. The first-order valence-electron chi connectivity index (χ1n) is 4.59. The van der Waals surface area contributed by atoms with Crippen molar-refractivity contribution in [3.05, 3.63) is 0 Å². The average molecular weight is 233 g/mol. The lowest BCUT2D eigenvalue weighted by atomic mass is 10.3. The second kappa shape index (κ2) is 6.62. The Hall–Kier alpha value is -1.83. The first kappa shape index (κ1) is 14.2. The maximum Gasteiger partial charge on any atom is 0.328 e. The van der Waals surface area contributed by atoms with Gasteiger partial charge in [0.2, 0.25) is 5.91 Å². The van der Waals surface area contributed by atoms with Gasteiger partial charge in [-0.2, -0.15) is 0 Å². The SMILES string of the molecule is CCN(CC(N)=O)C(=O)N[C@H](CO)C(=O)O. The third-order valence-electron chi connectivity index (χ3n) is 1.79. The number of nitrogens with zero attached hydrogens (tertiary/aromatic N) is 1. The predicted octanol–water partition coefficient (Wildman–Crippen LogP) is -2.05. The molecule has 3 amide bonds. The molecule has 0 bridgehead atoms. The number of rotatable bonds is 6. The molecule has 0 aromatic carbocycles. The Morgan fingerprint density at radius 1 is 1.44 bits per heavy atom. The third-order valence-corrected chi connectivity index (χ3v) is 1.79. The number of carbonyl (C=O) groups is 3. The maximum absolute atomic E-state index is 11.4. The minimum Gasteiger partial charge on any atom is -0.480 e. The predicted molar refractivity (Wildman–Crippen MR) is 53.5 cm³/mol. The number of amides is 3. The molecule has 0 unspecified atom stereocenters. The van der Waals surface area contributed by atoms with Crippen LogP contribution >= 0.6 is 0 Å². The van der Waals surface area contributed by atoms with Crippen LogP contribution in [0.3, 0.4) is 0 Å². The summed E-state index contributed by atoms with van der Waals surface area (Å²) in [4.78, 5) is 33.6. The van der Waals surface area contributed by atoms with Gasteiger partial charge < -0.3 is 26.2 Å². The van der Waals surface area contributed by atoms with Gasteiger partial charge in [-0.1, -0.05) is 0 Å². The van der Waals surface area contributed by atoms with Gasteiger partial charge >= 0.3 is 12.0 Å². The molecular formula is C8H15N3O5. The highest BCUT2D eigenvalue weighted by atomic mass is 16.4. The van der Waals surface area contributed by atoms with Crippen molar-refractivity contribution < 1.29 is 24.6 Å². The smallest absolute Gasteiger partial charge is 0.328 e. The van der Waals surface area contributed by atoms with Gasteiger partial charge in [-0.25, -0.2) is 9.59 Å². The molecule has 0 aromatic heterocycles. The van der Waals surface area contributed by atoms with Gasteiger partial charge in [0.25, 0.3) is 0 Å². The number of urea groups is 1. The van der Waals surface area contributed by atoms with Crippen molar-refractivity contribution in [1.82, 2.24) is 10.2 Å². The van der Waals surface area contributed by atoms with E-state index in [0.29, 0.717) is 0 Å². The number of primary amides is 1. The summed E-state index contributed by atoms with van der Waals surface area (Å²) in [5.74, 6) is -2.06. The molecule has 92 valence electrons. The molecule has 0 aliphatic carbocycles. The first-order chi connectivity index (χ1) is 7.42. The van der Waals surface area contributed by atoms with Gasteiger partial charge in [-0.3, -0.25) is 4.79 Å². The standard InChI is InChI=1S/C8H15N3O5/c1-2-11(3-6(9)13)8(16)10-5(4-12)7(14)15/h5,12H,2-4H2,1H3,(H2,9,13)(H,10,16)(H,14,15)/t5-/m1/s1. The summed E-state index contributed by atoms with van der Waals surface area (Å²) in [6.07, 6.45) is 0. The average Bonchev–Trinajstić information content (AvgIpc) is 2.21. The van der Waals surface area contributed by atoms with E-state index in [1.807, 2.05) is 0 Å². The van der Waals surface area contributed by atoms with E-state index in [9.17, 15) is 14.4 Å². The molecule has 8 nitrogen and oxygen atoms in total. The van der Waals surface area contributed by atoms with E-state index >= 15 is 0 Å². The zero-order valence-electron chi connectivity index (χ0n) is 8.84. The van der Waals surface area contributed by atoms with E-state index in [0.717, 1.165) is 4.90 Å². The summed E-state index contributed by atoms with van der Waals surface area (Å²) in [7, 11) is 0. The zero-order chi connectivity index (χ0) is 12.7. The largest absolute Gasteiger partial charge is 0.480 e. The number of carbonyl (C=O) groups excluding carboxylic acids is 2. The number of aliphatic hydroxyl groups is 1. The van der Waals surface area contributed by atoms with Gasteiger partial charge in [0.15, 0.2) is 6.04 Å². The van der Waals surface area contributed by atoms with Crippen LogP contribution < -0.4 is 11.1 Å². The number of carboxylic acid groups (broad SMARTS) is 1. The molecule has 0 saturated carbocycles. The van der Waals surface area contributed by atoms with Gasteiger partial charge in [0.1, 0.15) is 6.54 Å². The number of nitrogens with one attached hydrogen (secondary N) is 1. The number of nitrogens with two attached hydrogens (primary N) is 1. The van der Waals surface area contributed by atoms with Crippen LogP contribution in [0.4, 0.5) is 4.79 Å². The second-order valence-corrected chi connectivity index (χ2v) is 3.00. The fourth-order valence-corrected chi connectivity index (χ4v) is 0.941. The zero-order valence-corrected chi connectivity index (χ0v) is 8.84. The van der Waals surface area contributed by atoms with Gasteiger partial charge in [-0.15, -0.1) is 0 Å². The van der Waals surface area contributed by atoms with Crippen LogP contribution in [0.25, 0.3) is 0 Å². The fourth-order valence-electron chi connectivity index (χ4n) is 0.941. The summed E-state index contributed by atoms with van der Waals surface area (Å²) >= 11 is 0. The van der Waals surface area contributed by atoms with E-state index in [1.54, 1.807) is 6.92 Å². The van der Waals surface area contributed by atoms with Crippen molar-refractivity contribution in [3.8, 4) is 0 Å². The summed E-state index contributed by atoms with van der Waals surface area (Å²) < 4.78 is 0. The van der Waals surface area contributed by atoms with Crippen molar-refractivity contribution in [2.45, 2.75) is 13.0 Å². The topological polar surface area (TPSA) is 133 Å². The maximum atomic E-state index is 11.4. The Labute approximate surface area is 92.0 Å². The summed E-state index contributed by atoms with van der Waals surface area (Å²) in [5.41, 5.74) is 4.90. The third kappa shape index (κ3) is 4.60. The molecule has 0 radical (unpaired) electrons. The Kier molecular flexibility index (Phi) is 5.86. The van der Waals surface area contributed by atoms with Gasteiger partial charge in [-0.05, 0) is 6.92 Å². The number of aliphatic carboxylic acids is 1. The van der Waals surface area contributed by atoms with Crippen LogP contribution in [0.2, 0.25) is 0 Å². The lowest BCUT2D eigenvalue weighted by molar-refractivity contribution is -0.140. The van der Waals surface area contributed by atoms with Crippen molar-refractivity contribution in [2.24, 2.45) is 5.73 Å². The molecule has 16 heavy (non-hydrogen) atoms. The number of hydrogen-bond donors (Lipinski definition) is 4. The number of carboxylic acids is 1. The van der Waals surface area contributed by atoms with E-state index in [4.69, 9.17) is 15.9 Å². The van der Waals surface area contributed by atoms with Crippen molar-refractivity contribution >= 4 is 17.9 Å². The van der Waals surface area contributed by atoms with Crippen molar-refractivity contribution in [3.63, 3.8) is 0 Å². The Balaban J connectivity index is 4.40. The van der Waals surface area contributed by atoms with Gasteiger partial charge in [0, 0.05) is 6.54 Å². The molecule has 1 atom stereocenters. The molecule has 0 fully saturated rings. The molecule has 0 aliphatic rings. The second-order valence-electron chi connectivity index (χ2n) is 3.00. The minimum absolute atomic E-state index is 0.201. The van der Waals surface area contributed by atoms with E-state index in [1.165, 1.54) is 0 Å². The minimum atomic E-state index is -1.39. The number of hydrogen-bond acceptors (Lipinski definition) is 4. The van der Waals surface area contributed by atoms with E-state index < -0.39 is 30.6 Å². The first-order valence-corrected chi connectivity index (χ1v) is 4.59. The lowest BCUT2D eigenvalue weighted by Gasteiger charge is -2.21. The molecule has 5 N–H and O–H groups in total. The number of aliphatic hydroxyl groups excluding tert-OH is 1. The number of likely N-dealkylation sites (N-methyl/N-ethyl adjacent to an activating group) is 1. The van der Waals surface area contributed by atoms with E-state index in [-0.39, 0.29) is 13.1 Å². The normalized spacial score (nSPS) is 11.6. The van der Waals surface area contributed by atoms with Crippen molar-refractivity contribution in [1.29, 1.82) is 0 Å². The van der Waals surface area contributed by atoms with Crippen LogP contribution in [0, 0.1) is 0 Å². The highest BCUT2D eigenvalue weighted by Gasteiger charge is 2.22. The van der Waals surface area contributed by atoms with Crippen molar-refractivity contribution in [2.75, 3.05) is 19.7 Å². The molecule has 0 aliphatic heterocycles. The Bertz CT molecular complexity index is 281. The highest BCUT2D eigenvalue weighted by molar-refractivity contribution is 5.86. The van der Waals surface area contributed by atoms with Crippen LogP contribution in [-0.4, -0.2) is 58.8 Å². The quantitative estimate of drug-likeness (QED) is 0.419. The monoisotopic (exact) mass is 233 g/mol. The summed E-state index contributed by atoms with van der Waals surface area (Å²) in [6.45, 7) is 0.777. The van der Waals surface area contributed by atoms with Gasteiger partial charge in [0.05, 0.1) is 6.61 Å². The molecule has 0 saturated heterocycles. The van der Waals surface area contributed by atoms with Crippen LogP contribution in [-0.2, 0) is 9.59 Å². The Morgan fingerprint density at radius 2 is 2.00 bits per heavy atom. The molecule has 0 rings (SSSR count).